The number of nitrogens with two attached hydrogens (primary N) is 1. The van der Waals surface area contributed by atoms with Gasteiger partial charge in [-0.1, -0.05) is 0 Å². The van der Waals surface area contributed by atoms with Crippen LogP contribution < -0.4 is 5.73 Å². The Morgan fingerprint density at radius 3 is 2.69 bits per heavy atom. The van der Waals surface area contributed by atoms with Crippen molar-refractivity contribution in [1.29, 1.82) is 5.26 Å². The normalized spacial score (nSPS) is 12.9. The van der Waals surface area contributed by atoms with Crippen molar-refractivity contribution in [3.05, 3.63) is 21.9 Å². The Balaban J connectivity index is 2.75. The highest BCUT2D eigenvalue weighted by Crippen LogP contribution is 2.22. The van der Waals surface area contributed by atoms with Crippen LogP contribution in [0.15, 0.2) is 11.4 Å². The molecule has 0 saturated heterocycles. The maximum absolute atomic E-state index is 11.6. The van der Waals surface area contributed by atoms with Crippen molar-refractivity contribution in [2.75, 3.05) is 0 Å². The Kier molecular flexibility index (Phi) is 3.68. The molecule has 5 heteroatoms. The summed E-state index contributed by atoms with van der Waals surface area (Å²) in [7, 11) is 0. The number of esters is 1. The number of nitriles is 1. The van der Waals surface area contributed by atoms with E-state index in [4.69, 9.17) is 15.7 Å². The highest BCUT2D eigenvalue weighted by atomic mass is 32.1. The van der Waals surface area contributed by atoms with Gasteiger partial charge in [0.1, 0.15) is 17.7 Å². The fourth-order valence-corrected chi connectivity index (χ4v) is 1.88. The number of carbonyl (C=O) groups is 1. The standard InChI is InChI=1S/C11H14N2O2S/c1-11(2,3)15-10(14)9(13)8-4-7(5-12)6-16-8/h4,6,9H,13H2,1-3H3. The maximum Gasteiger partial charge on any atom is 0.328 e. The second-order valence-corrected chi connectivity index (χ2v) is 5.30. The second-order valence-electron chi connectivity index (χ2n) is 4.36. The maximum atomic E-state index is 11.6. The van der Waals surface area contributed by atoms with Gasteiger partial charge in [0.2, 0.25) is 0 Å². The molecule has 0 fully saturated rings. The number of thiophene rings is 1. The molecule has 1 atom stereocenters. The fraction of sp³-hybridized carbons (Fsp3) is 0.455. The molecule has 1 aromatic heterocycles. The summed E-state index contributed by atoms with van der Waals surface area (Å²) in [5, 5.41) is 10.3. The molecule has 0 aliphatic rings. The van der Waals surface area contributed by atoms with Crippen molar-refractivity contribution < 1.29 is 9.53 Å². The Bertz CT molecular complexity index is 426. The number of rotatable bonds is 2. The van der Waals surface area contributed by atoms with Crippen molar-refractivity contribution in [3.8, 4) is 6.07 Å². The summed E-state index contributed by atoms with van der Waals surface area (Å²) >= 11 is 1.29. The molecule has 2 N–H and O–H groups in total. The third-order valence-corrected chi connectivity index (χ3v) is 2.73. The summed E-state index contributed by atoms with van der Waals surface area (Å²) in [6.07, 6.45) is 0. The molecule has 1 rings (SSSR count). The summed E-state index contributed by atoms with van der Waals surface area (Å²) in [5.74, 6) is -0.473. The lowest BCUT2D eigenvalue weighted by Gasteiger charge is -2.21. The Labute approximate surface area is 98.6 Å². The van der Waals surface area contributed by atoms with Gasteiger partial charge in [0.05, 0.1) is 5.56 Å². The average molecular weight is 238 g/mol. The van der Waals surface area contributed by atoms with Gasteiger partial charge in [-0.2, -0.15) is 5.26 Å². The van der Waals surface area contributed by atoms with Crippen LogP contribution >= 0.6 is 11.3 Å². The minimum Gasteiger partial charge on any atom is -0.459 e. The number of hydrogen-bond donors (Lipinski definition) is 1. The SMILES string of the molecule is CC(C)(C)OC(=O)C(N)c1cc(C#N)cs1. The molecule has 0 bridgehead atoms. The fourth-order valence-electron chi connectivity index (χ4n) is 1.06. The zero-order valence-corrected chi connectivity index (χ0v) is 10.3. The first kappa shape index (κ1) is 12.7. The smallest absolute Gasteiger partial charge is 0.328 e. The quantitative estimate of drug-likeness (QED) is 0.799. The molecule has 0 amide bonds. The van der Waals surface area contributed by atoms with Crippen LogP contribution in [0.25, 0.3) is 0 Å². The van der Waals surface area contributed by atoms with Crippen LogP contribution in [0.4, 0.5) is 0 Å². The Morgan fingerprint density at radius 2 is 2.25 bits per heavy atom. The van der Waals surface area contributed by atoms with Crippen LogP contribution in [0.3, 0.4) is 0 Å². The molecule has 0 aromatic carbocycles. The molecule has 0 aliphatic carbocycles. The molecule has 0 aliphatic heterocycles. The van der Waals surface area contributed by atoms with E-state index in [1.807, 2.05) is 6.07 Å². The number of nitrogens with zero attached hydrogens (tertiary/aromatic N) is 1. The van der Waals surface area contributed by atoms with Crippen LogP contribution in [0.2, 0.25) is 0 Å². The lowest BCUT2D eigenvalue weighted by atomic mass is 10.2. The monoisotopic (exact) mass is 238 g/mol. The number of hydrogen-bond acceptors (Lipinski definition) is 5. The van der Waals surface area contributed by atoms with E-state index < -0.39 is 17.6 Å². The first-order chi connectivity index (χ1) is 7.33. The van der Waals surface area contributed by atoms with E-state index in [2.05, 4.69) is 0 Å². The van der Waals surface area contributed by atoms with Gasteiger partial charge in [-0.15, -0.1) is 11.3 Å². The molecule has 4 nitrogen and oxygen atoms in total. The highest BCUT2D eigenvalue weighted by molar-refractivity contribution is 7.10. The van der Waals surface area contributed by atoms with E-state index in [0.29, 0.717) is 10.4 Å². The molecule has 0 radical (unpaired) electrons. The molecule has 1 heterocycles. The first-order valence-corrected chi connectivity index (χ1v) is 5.68. The number of carbonyl (C=O) groups excluding carboxylic acids is 1. The van der Waals surface area contributed by atoms with Crippen LogP contribution in [-0.2, 0) is 9.53 Å². The minimum absolute atomic E-state index is 0.473. The zero-order chi connectivity index (χ0) is 12.3. The summed E-state index contributed by atoms with van der Waals surface area (Å²) in [4.78, 5) is 12.3. The largest absolute Gasteiger partial charge is 0.459 e. The molecule has 0 saturated carbocycles. The highest BCUT2D eigenvalue weighted by Gasteiger charge is 2.24. The molecule has 16 heavy (non-hydrogen) atoms. The third-order valence-electron chi connectivity index (χ3n) is 1.72. The lowest BCUT2D eigenvalue weighted by molar-refractivity contribution is -0.156. The minimum atomic E-state index is -0.814. The van der Waals surface area contributed by atoms with Crippen molar-refractivity contribution >= 4 is 17.3 Å². The van der Waals surface area contributed by atoms with Gasteiger partial charge in [-0.3, -0.25) is 0 Å². The molecule has 0 spiro atoms. The predicted octanol–water partition coefficient (Wildman–Crippen LogP) is 1.96. The summed E-state index contributed by atoms with van der Waals surface area (Å²) in [5.41, 5.74) is 5.70. The van der Waals surface area contributed by atoms with Gasteiger partial charge in [-0.25, -0.2) is 4.79 Å². The second kappa shape index (κ2) is 4.64. The van der Waals surface area contributed by atoms with Gasteiger partial charge in [-0.05, 0) is 26.8 Å². The Morgan fingerprint density at radius 1 is 1.62 bits per heavy atom. The van der Waals surface area contributed by atoms with Gasteiger partial charge in [0.25, 0.3) is 0 Å². The molecular formula is C11H14N2O2S. The zero-order valence-electron chi connectivity index (χ0n) is 9.48. The van der Waals surface area contributed by atoms with Crippen LogP contribution in [0.1, 0.15) is 37.3 Å². The summed E-state index contributed by atoms with van der Waals surface area (Å²) in [6, 6.07) is 2.79. The predicted molar refractivity (Wildman–Crippen MR) is 61.8 cm³/mol. The molecule has 1 aromatic rings. The van der Waals surface area contributed by atoms with E-state index in [1.54, 1.807) is 32.2 Å². The van der Waals surface area contributed by atoms with E-state index in [0.717, 1.165) is 0 Å². The summed E-state index contributed by atoms with van der Waals surface area (Å²) < 4.78 is 5.16. The Hall–Kier alpha value is -1.38. The van der Waals surface area contributed by atoms with Crippen LogP contribution in [0.5, 0.6) is 0 Å². The molecular weight excluding hydrogens is 224 g/mol. The van der Waals surface area contributed by atoms with Gasteiger partial charge in [0.15, 0.2) is 0 Å². The summed E-state index contributed by atoms with van der Waals surface area (Å²) in [6.45, 7) is 5.35. The molecule has 86 valence electrons. The average Bonchev–Trinajstić information content (AvgIpc) is 2.61. The van der Waals surface area contributed by atoms with Gasteiger partial charge >= 0.3 is 5.97 Å². The van der Waals surface area contributed by atoms with Crippen LogP contribution in [-0.4, -0.2) is 11.6 Å². The number of ether oxygens (including phenoxy) is 1. The molecule has 1 unspecified atom stereocenters. The van der Waals surface area contributed by atoms with E-state index >= 15 is 0 Å². The van der Waals surface area contributed by atoms with Crippen molar-refractivity contribution in [1.82, 2.24) is 0 Å². The first-order valence-electron chi connectivity index (χ1n) is 4.80. The topological polar surface area (TPSA) is 76.1 Å². The van der Waals surface area contributed by atoms with Gasteiger partial charge in [0, 0.05) is 10.3 Å². The lowest BCUT2D eigenvalue weighted by Crippen LogP contribution is -2.31. The van der Waals surface area contributed by atoms with Crippen LogP contribution in [0, 0.1) is 11.3 Å². The van der Waals surface area contributed by atoms with Crippen molar-refractivity contribution in [2.24, 2.45) is 5.73 Å². The van der Waals surface area contributed by atoms with Gasteiger partial charge < -0.3 is 10.5 Å². The van der Waals surface area contributed by atoms with Crippen molar-refractivity contribution in [3.63, 3.8) is 0 Å². The van der Waals surface area contributed by atoms with E-state index in [1.165, 1.54) is 11.3 Å². The van der Waals surface area contributed by atoms with Crippen molar-refractivity contribution in [2.45, 2.75) is 32.4 Å². The third kappa shape index (κ3) is 3.33. The van der Waals surface area contributed by atoms with E-state index in [-0.39, 0.29) is 0 Å². The van der Waals surface area contributed by atoms with E-state index in [9.17, 15) is 4.79 Å².